The number of nitrogens with zero attached hydrogens (tertiary/aromatic N) is 2. The minimum absolute atomic E-state index is 0.730. The molecule has 18 heavy (non-hydrogen) atoms. The van der Waals surface area contributed by atoms with Gasteiger partial charge in [0.15, 0.2) is 0 Å². The zero-order valence-corrected chi connectivity index (χ0v) is 11.4. The molecule has 1 aliphatic rings. The van der Waals surface area contributed by atoms with Crippen molar-refractivity contribution in [2.24, 2.45) is 0 Å². The van der Waals surface area contributed by atoms with Crippen LogP contribution in [-0.2, 0) is 0 Å². The van der Waals surface area contributed by atoms with E-state index in [1.165, 1.54) is 0 Å². The molecule has 0 saturated carbocycles. The second-order valence-corrected chi connectivity index (χ2v) is 4.96. The SMILES string of the molecule is Cc1c(N)cccc1OCCN1CCN(C)CC1. The van der Waals surface area contributed by atoms with Crippen LogP contribution < -0.4 is 10.5 Å². The minimum atomic E-state index is 0.730. The van der Waals surface area contributed by atoms with Gasteiger partial charge >= 0.3 is 0 Å². The van der Waals surface area contributed by atoms with Crippen LogP contribution in [-0.4, -0.2) is 56.2 Å². The molecule has 0 atom stereocenters. The summed E-state index contributed by atoms with van der Waals surface area (Å²) in [6.07, 6.45) is 0. The van der Waals surface area contributed by atoms with Gasteiger partial charge in [-0.15, -0.1) is 0 Å². The van der Waals surface area contributed by atoms with Gasteiger partial charge in [-0.05, 0) is 26.1 Å². The van der Waals surface area contributed by atoms with E-state index in [4.69, 9.17) is 10.5 Å². The van der Waals surface area contributed by atoms with Crippen LogP contribution >= 0.6 is 0 Å². The first-order valence-electron chi connectivity index (χ1n) is 6.55. The standard InChI is InChI=1S/C14H23N3O/c1-12-13(15)4-3-5-14(12)18-11-10-17-8-6-16(2)7-9-17/h3-5H,6-11,15H2,1-2H3. The number of hydrogen-bond donors (Lipinski definition) is 1. The first-order valence-corrected chi connectivity index (χ1v) is 6.55. The van der Waals surface area contributed by atoms with E-state index in [9.17, 15) is 0 Å². The summed E-state index contributed by atoms with van der Waals surface area (Å²) in [5, 5.41) is 0. The minimum Gasteiger partial charge on any atom is -0.492 e. The van der Waals surface area contributed by atoms with E-state index < -0.39 is 0 Å². The summed E-state index contributed by atoms with van der Waals surface area (Å²) in [4.78, 5) is 4.81. The van der Waals surface area contributed by atoms with Gasteiger partial charge in [-0.3, -0.25) is 4.90 Å². The molecule has 1 fully saturated rings. The van der Waals surface area contributed by atoms with Gasteiger partial charge in [0.1, 0.15) is 12.4 Å². The molecular formula is C14H23N3O. The quantitative estimate of drug-likeness (QED) is 0.814. The highest BCUT2D eigenvalue weighted by atomic mass is 16.5. The number of nitrogen functional groups attached to an aromatic ring is 1. The molecule has 0 bridgehead atoms. The normalized spacial score (nSPS) is 17.9. The van der Waals surface area contributed by atoms with Crippen LogP contribution in [0.1, 0.15) is 5.56 Å². The molecule has 4 heteroatoms. The van der Waals surface area contributed by atoms with Crippen LogP contribution in [0.4, 0.5) is 5.69 Å². The van der Waals surface area contributed by atoms with Crippen molar-refractivity contribution in [1.29, 1.82) is 0 Å². The van der Waals surface area contributed by atoms with E-state index in [0.717, 1.165) is 56.3 Å². The zero-order valence-electron chi connectivity index (χ0n) is 11.4. The van der Waals surface area contributed by atoms with Crippen LogP contribution in [0.2, 0.25) is 0 Å². The van der Waals surface area contributed by atoms with E-state index in [1.807, 2.05) is 25.1 Å². The van der Waals surface area contributed by atoms with Gasteiger partial charge in [0.05, 0.1) is 0 Å². The third kappa shape index (κ3) is 3.37. The van der Waals surface area contributed by atoms with E-state index in [-0.39, 0.29) is 0 Å². The highest BCUT2D eigenvalue weighted by molar-refractivity contribution is 5.53. The maximum atomic E-state index is 5.85. The lowest BCUT2D eigenvalue weighted by Crippen LogP contribution is -2.45. The van der Waals surface area contributed by atoms with Crippen molar-refractivity contribution in [2.45, 2.75) is 6.92 Å². The van der Waals surface area contributed by atoms with Crippen LogP contribution in [0.3, 0.4) is 0 Å². The Morgan fingerprint density at radius 2 is 1.94 bits per heavy atom. The summed E-state index contributed by atoms with van der Waals surface area (Å²) in [6.45, 7) is 8.29. The molecule has 1 aromatic rings. The van der Waals surface area contributed by atoms with Gasteiger partial charge in [-0.25, -0.2) is 0 Å². The molecule has 0 aliphatic carbocycles. The Balaban J connectivity index is 1.77. The Bertz CT molecular complexity index is 387. The first-order chi connectivity index (χ1) is 8.66. The number of ether oxygens (including phenoxy) is 1. The lowest BCUT2D eigenvalue weighted by molar-refractivity contribution is 0.133. The summed E-state index contributed by atoms with van der Waals surface area (Å²) in [5.41, 5.74) is 7.69. The average Bonchev–Trinajstić information content (AvgIpc) is 2.37. The molecule has 1 saturated heterocycles. The maximum Gasteiger partial charge on any atom is 0.124 e. The Kier molecular flexibility index (Phi) is 4.44. The number of likely N-dealkylation sites (N-methyl/N-ethyl adjacent to an activating group) is 1. The van der Waals surface area contributed by atoms with E-state index in [1.54, 1.807) is 0 Å². The maximum absolute atomic E-state index is 5.85. The molecule has 0 amide bonds. The van der Waals surface area contributed by atoms with E-state index in [2.05, 4.69) is 16.8 Å². The van der Waals surface area contributed by atoms with Gasteiger partial charge in [0, 0.05) is 44.0 Å². The van der Waals surface area contributed by atoms with Crippen LogP contribution in [0, 0.1) is 6.92 Å². The molecule has 100 valence electrons. The highest BCUT2D eigenvalue weighted by Gasteiger charge is 2.13. The van der Waals surface area contributed by atoms with Crippen molar-refractivity contribution in [3.63, 3.8) is 0 Å². The fourth-order valence-corrected chi connectivity index (χ4v) is 2.14. The van der Waals surface area contributed by atoms with Crippen molar-refractivity contribution < 1.29 is 4.74 Å². The summed E-state index contributed by atoms with van der Waals surface area (Å²) < 4.78 is 5.81. The number of nitrogens with two attached hydrogens (primary N) is 1. The van der Waals surface area contributed by atoms with E-state index in [0.29, 0.717) is 0 Å². The van der Waals surface area contributed by atoms with Crippen LogP contribution in [0.25, 0.3) is 0 Å². The average molecular weight is 249 g/mol. The predicted octanol–water partition coefficient (Wildman–Crippen LogP) is 1.20. The summed E-state index contributed by atoms with van der Waals surface area (Å²) >= 11 is 0. The topological polar surface area (TPSA) is 41.7 Å². The van der Waals surface area contributed by atoms with Gasteiger partial charge in [0.25, 0.3) is 0 Å². The second kappa shape index (κ2) is 6.07. The largest absolute Gasteiger partial charge is 0.492 e. The Labute approximate surface area is 109 Å². The predicted molar refractivity (Wildman–Crippen MR) is 75.0 cm³/mol. The monoisotopic (exact) mass is 249 g/mol. The number of rotatable bonds is 4. The first kappa shape index (κ1) is 13.2. The lowest BCUT2D eigenvalue weighted by Gasteiger charge is -2.32. The molecule has 0 unspecified atom stereocenters. The molecule has 2 rings (SSSR count). The van der Waals surface area contributed by atoms with E-state index >= 15 is 0 Å². The fourth-order valence-electron chi connectivity index (χ4n) is 2.14. The number of hydrogen-bond acceptors (Lipinski definition) is 4. The van der Waals surface area contributed by atoms with Crippen molar-refractivity contribution in [3.8, 4) is 5.75 Å². The van der Waals surface area contributed by atoms with Crippen molar-refractivity contribution >= 4 is 5.69 Å². The van der Waals surface area contributed by atoms with Crippen molar-refractivity contribution in [2.75, 3.05) is 52.1 Å². The van der Waals surface area contributed by atoms with Gasteiger partial charge in [-0.2, -0.15) is 0 Å². The number of benzene rings is 1. The number of anilines is 1. The fraction of sp³-hybridized carbons (Fsp3) is 0.571. The highest BCUT2D eigenvalue weighted by Crippen LogP contribution is 2.22. The van der Waals surface area contributed by atoms with Gasteiger partial charge in [0.2, 0.25) is 0 Å². The molecule has 0 aromatic heterocycles. The molecule has 0 radical (unpaired) electrons. The summed E-state index contributed by atoms with van der Waals surface area (Å²) in [7, 11) is 2.17. The van der Waals surface area contributed by atoms with Crippen molar-refractivity contribution in [1.82, 2.24) is 9.80 Å². The molecule has 1 aliphatic heterocycles. The lowest BCUT2D eigenvalue weighted by atomic mass is 10.2. The Morgan fingerprint density at radius 3 is 2.67 bits per heavy atom. The van der Waals surface area contributed by atoms with Crippen LogP contribution in [0.15, 0.2) is 18.2 Å². The molecule has 1 heterocycles. The van der Waals surface area contributed by atoms with Crippen molar-refractivity contribution in [3.05, 3.63) is 23.8 Å². The Hall–Kier alpha value is -1.26. The third-order valence-corrected chi connectivity index (χ3v) is 3.59. The molecule has 2 N–H and O–H groups in total. The smallest absolute Gasteiger partial charge is 0.124 e. The zero-order chi connectivity index (χ0) is 13.0. The third-order valence-electron chi connectivity index (χ3n) is 3.59. The van der Waals surface area contributed by atoms with Gasteiger partial charge in [-0.1, -0.05) is 6.07 Å². The molecular weight excluding hydrogens is 226 g/mol. The molecule has 0 spiro atoms. The second-order valence-electron chi connectivity index (χ2n) is 4.96. The molecule has 1 aromatic carbocycles. The summed E-state index contributed by atoms with van der Waals surface area (Å²) in [6, 6.07) is 5.83. The number of piperazine rings is 1. The van der Waals surface area contributed by atoms with Crippen LogP contribution in [0.5, 0.6) is 5.75 Å². The van der Waals surface area contributed by atoms with Gasteiger partial charge < -0.3 is 15.4 Å². The molecule has 4 nitrogen and oxygen atoms in total. The Morgan fingerprint density at radius 1 is 1.22 bits per heavy atom. The summed E-state index contributed by atoms with van der Waals surface area (Å²) in [5.74, 6) is 0.907.